The van der Waals surface area contributed by atoms with Crippen LogP contribution in [-0.4, -0.2) is 47.0 Å². The third-order valence-electron chi connectivity index (χ3n) is 6.33. The molecule has 0 aromatic heterocycles. The van der Waals surface area contributed by atoms with E-state index in [4.69, 9.17) is 9.47 Å². The van der Waals surface area contributed by atoms with E-state index in [2.05, 4.69) is 22.0 Å². The monoisotopic (exact) mass is 577 g/mol. The molecule has 1 aliphatic rings. The average Bonchev–Trinajstić information content (AvgIpc) is 2.91. The first-order valence-electron chi connectivity index (χ1n) is 12.7. The van der Waals surface area contributed by atoms with Crippen LogP contribution in [0, 0.1) is 11.3 Å². The van der Waals surface area contributed by atoms with E-state index in [1.807, 2.05) is 75.4 Å². The molecule has 0 radical (unpaired) electrons. The number of carbonyl (C=O) groups is 2. The molecule has 1 aliphatic heterocycles. The number of ether oxygens (including phenoxy) is 2. The fourth-order valence-corrected chi connectivity index (χ4v) is 4.72. The molecule has 0 unspecified atom stereocenters. The van der Waals surface area contributed by atoms with Gasteiger partial charge in [0.05, 0.1) is 23.5 Å². The minimum Gasteiger partial charge on any atom is -0.490 e. The summed E-state index contributed by atoms with van der Waals surface area (Å²) >= 11 is 3.31. The minimum atomic E-state index is -0.508. The molecule has 0 spiro atoms. The first-order chi connectivity index (χ1) is 18.1. The second-order valence-corrected chi connectivity index (χ2v) is 11.0. The highest BCUT2D eigenvalue weighted by atomic mass is 79.9. The number of halogens is 1. The van der Waals surface area contributed by atoms with Crippen molar-refractivity contribution < 1.29 is 19.1 Å². The highest BCUT2D eigenvalue weighted by molar-refractivity contribution is 9.09. The van der Waals surface area contributed by atoms with Gasteiger partial charge < -0.3 is 19.3 Å². The van der Waals surface area contributed by atoms with E-state index in [0.29, 0.717) is 25.2 Å². The van der Waals surface area contributed by atoms with Crippen LogP contribution in [0.3, 0.4) is 0 Å². The molecule has 0 bridgehead atoms. The van der Waals surface area contributed by atoms with Crippen molar-refractivity contribution in [3.8, 4) is 11.8 Å². The van der Waals surface area contributed by atoms with Gasteiger partial charge in [-0.3, -0.25) is 4.79 Å². The second kappa shape index (κ2) is 11.9. The van der Waals surface area contributed by atoms with Gasteiger partial charge in [0.15, 0.2) is 0 Å². The van der Waals surface area contributed by atoms with Gasteiger partial charge in [-0.05, 0) is 79.6 Å². The summed E-state index contributed by atoms with van der Waals surface area (Å²) in [7, 11) is 0. The number of hydrogen-bond donors (Lipinski definition) is 0. The largest absolute Gasteiger partial charge is 0.490 e. The van der Waals surface area contributed by atoms with Crippen molar-refractivity contribution in [3.05, 3.63) is 71.8 Å². The fraction of sp³-hybridized carbons (Fsp3) is 0.367. The van der Waals surface area contributed by atoms with Crippen LogP contribution in [0.5, 0.6) is 5.75 Å². The van der Waals surface area contributed by atoms with E-state index >= 15 is 0 Å². The maximum absolute atomic E-state index is 12.8. The Hall–Kier alpha value is -3.57. The number of anilines is 1. The molecule has 3 aromatic rings. The average molecular weight is 579 g/mol. The Balaban J connectivity index is 1.40. The summed E-state index contributed by atoms with van der Waals surface area (Å²) in [6.07, 6.45) is 1.18. The summed E-state index contributed by atoms with van der Waals surface area (Å²) in [6.45, 7) is 7.18. The third-order valence-corrected chi connectivity index (χ3v) is 6.81. The number of alkyl halides is 1. The van der Waals surface area contributed by atoms with Crippen LogP contribution in [0.4, 0.5) is 10.5 Å². The van der Waals surface area contributed by atoms with Crippen molar-refractivity contribution in [1.29, 1.82) is 5.26 Å². The van der Waals surface area contributed by atoms with Gasteiger partial charge in [0.2, 0.25) is 5.91 Å². The molecule has 0 N–H and O–H groups in total. The maximum atomic E-state index is 12.8. The number of fused-ring (bicyclic) bond motifs is 1. The van der Waals surface area contributed by atoms with E-state index in [9.17, 15) is 14.9 Å². The molecule has 1 fully saturated rings. The zero-order valence-electron chi connectivity index (χ0n) is 21.9. The zero-order valence-corrected chi connectivity index (χ0v) is 23.5. The number of piperidine rings is 1. The Morgan fingerprint density at radius 3 is 2.34 bits per heavy atom. The van der Waals surface area contributed by atoms with E-state index in [1.165, 1.54) is 0 Å². The summed E-state index contributed by atoms with van der Waals surface area (Å²) in [5.41, 5.74) is 1.84. The third kappa shape index (κ3) is 7.05. The van der Waals surface area contributed by atoms with Crippen molar-refractivity contribution in [2.24, 2.45) is 0 Å². The van der Waals surface area contributed by atoms with Gasteiger partial charge in [0.1, 0.15) is 17.5 Å². The number of benzene rings is 3. The number of nitriles is 1. The Morgan fingerprint density at radius 2 is 1.71 bits per heavy atom. The van der Waals surface area contributed by atoms with Gasteiger partial charge >= 0.3 is 6.09 Å². The molecule has 1 heterocycles. The molecular weight excluding hydrogens is 546 g/mol. The van der Waals surface area contributed by atoms with Crippen LogP contribution >= 0.6 is 15.9 Å². The number of amides is 2. The normalized spacial score (nSPS) is 14.1. The molecule has 7 nitrogen and oxygen atoms in total. The number of likely N-dealkylation sites (tertiary alicyclic amines) is 1. The quantitative estimate of drug-likeness (QED) is 0.316. The molecular formula is C30H32BrN3O4. The standard InChI is InChI=1S/C30H32BrN3O4/c1-30(2,3)38-29(36)33-14-12-27(13-15-33)37-26-10-8-25(9-11-26)34(28(35)18-31)20-22-5-7-23-6-4-21(19-32)16-24(23)17-22/h4-11,16-17,27H,12-15,18,20H2,1-3H3. The Bertz CT molecular complexity index is 1340. The number of rotatable bonds is 6. The lowest BCUT2D eigenvalue weighted by atomic mass is 10.0. The number of hydrogen-bond acceptors (Lipinski definition) is 5. The van der Waals surface area contributed by atoms with Crippen LogP contribution in [0.1, 0.15) is 44.7 Å². The van der Waals surface area contributed by atoms with Crippen LogP contribution in [0.25, 0.3) is 10.8 Å². The smallest absolute Gasteiger partial charge is 0.410 e. The topological polar surface area (TPSA) is 82.9 Å². The summed E-state index contributed by atoms with van der Waals surface area (Å²) in [5, 5.41) is 11.4. The summed E-state index contributed by atoms with van der Waals surface area (Å²) < 4.78 is 11.6. The Labute approximate surface area is 232 Å². The van der Waals surface area contributed by atoms with Gasteiger partial charge in [-0.2, -0.15) is 5.26 Å². The van der Waals surface area contributed by atoms with Gasteiger partial charge in [-0.15, -0.1) is 0 Å². The van der Waals surface area contributed by atoms with Crippen LogP contribution in [-0.2, 0) is 16.1 Å². The Kier molecular flexibility index (Phi) is 8.58. The first-order valence-corrected chi connectivity index (χ1v) is 13.8. The van der Waals surface area contributed by atoms with Gasteiger partial charge in [0.25, 0.3) is 0 Å². The van der Waals surface area contributed by atoms with E-state index < -0.39 is 5.60 Å². The van der Waals surface area contributed by atoms with E-state index in [0.717, 1.165) is 40.6 Å². The molecule has 3 aromatic carbocycles. The van der Waals surface area contributed by atoms with Crippen molar-refractivity contribution >= 4 is 44.4 Å². The minimum absolute atomic E-state index is 0.00992. The molecule has 198 valence electrons. The molecule has 1 saturated heterocycles. The SMILES string of the molecule is CC(C)(C)OC(=O)N1CCC(Oc2ccc(N(Cc3ccc4ccc(C#N)cc4c3)C(=O)CBr)cc2)CC1. The molecule has 0 aliphatic carbocycles. The predicted octanol–water partition coefficient (Wildman–Crippen LogP) is 6.42. The van der Waals surface area contributed by atoms with Gasteiger partial charge in [-0.25, -0.2) is 4.79 Å². The zero-order chi connectivity index (χ0) is 27.3. The van der Waals surface area contributed by atoms with Crippen molar-refractivity contribution in [2.75, 3.05) is 23.3 Å². The molecule has 4 rings (SSSR count). The van der Waals surface area contributed by atoms with Crippen LogP contribution in [0.15, 0.2) is 60.7 Å². The molecule has 38 heavy (non-hydrogen) atoms. The van der Waals surface area contributed by atoms with E-state index in [-0.39, 0.29) is 23.4 Å². The van der Waals surface area contributed by atoms with Crippen LogP contribution in [0.2, 0.25) is 0 Å². The van der Waals surface area contributed by atoms with Gasteiger partial charge in [-0.1, -0.05) is 34.1 Å². The predicted molar refractivity (Wildman–Crippen MR) is 152 cm³/mol. The maximum Gasteiger partial charge on any atom is 0.410 e. The fourth-order valence-electron chi connectivity index (χ4n) is 4.42. The second-order valence-electron chi connectivity index (χ2n) is 10.4. The van der Waals surface area contributed by atoms with Gasteiger partial charge in [0, 0.05) is 31.6 Å². The number of nitrogens with zero attached hydrogens (tertiary/aromatic N) is 3. The molecule has 0 atom stereocenters. The summed E-state index contributed by atoms with van der Waals surface area (Å²) in [5.74, 6) is 0.671. The number of carbonyl (C=O) groups excluding carboxylic acids is 2. The lowest BCUT2D eigenvalue weighted by Crippen LogP contribution is -2.44. The van der Waals surface area contributed by atoms with Crippen molar-refractivity contribution in [1.82, 2.24) is 4.90 Å². The molecule has 0 saturated carbocycles. The lowest BCUT2D eigenvalue weighted by molar-refractivity contribution is -0.116. The Morgan fingerprint density at radius 1 is 1.03 bits per heavy atom. The summed E-state index contributed by atoms with van der Waals surface area (Å²) in [6, 6.07) is 21.3. The highest BCUT2D eigenvalue weighted by Gasteiger charge is 2.27. The molecule has 8 heteroatoms. The highest BCUT2D eigenvalue weighted by Crippen LogP contribution is 2.26. The lowest BCUT2D eigenvalue weighted by Gasteiger charge is -2.33. The first kappa shape index (κ1) is 27.5. The van der Waals surface area contributed by atoms with Crippen molar-refractivity contribution in [3.63, 3.8) is 0 Å². The van der Waals surface area contributed by atoms with Crippen LogP contribution < -0.4 is 9.64 Å². The molecule has 2 amide bonds. The van der Waals surface area contributed by atoms with Crippen molar-refractivity contribution in [2.45, 2.75) is 51.9 Å². The van der Waals surface area contributed by atoms with E-state index in [1.54, 1.807) is 15.9 Å². The summed E-state index contributed by atoms with van der Waals surface area (Å²) in [4.78, 5) is 28.6.